The minimum Gasteiger partial charge on any atom is -0.354 e. The first-order valence-corrected chi connectivity index (χ1v) is 7.35. The number of rotatable bonds is 5. The maximum Gasteiger partial charge on any atom is 0.241 e. The molecule has 1 aliphatic carbocycles. The molecule has 1 saturated carbocycles. The average Bonchev–Trinajstić information content (AvgIpc) is 2.48. The fourth-order valence-electron chi connectivity index (χ4n) is 2.80. The Kier molecular flexibility index (Phi) is 5.40. The monoisotopic (exact) mass is 260 g/mol. The first kappa shape index (κ1) is 14.1. The second-order valence-electron chi connectivity index (χ2n) is 5.47. The smallest absolute Gasteiger partial charge is 0.241 e. The van der Waals surface area contributed by atoms with Gasteiger partial charge in [0.2, 0.25) is 5.91 Å². The van der Waals surface area contributed by atoms with Crippen molar-refractivity contribution in [2.75, 3.05) is 6.54 Å². The van der Waals surface area contributed by atoms with Gasteiger partial charge in [-0.3, -0.25) is 4.79 Å². The molecular formula is C16H24N2O. The molecule has 3 N–H and O–H groups in total. The van der Waals surface area contributed by atoms with E-state index in [0.717, 1.165) is 24.4 Å². The standard InChI is InChI=1S/C16H24N2O/c17-15(14-9-5-2-6-10-14)16(19)18-12-11-13-7-3-1-4-8-13/h2,5-6,9-10,13,15H,1,3-4,7-8,11-12,17H2,(H,18,19)/t15-/m0/s1. The molecule has 0 saturated heterocycles. The second-order valence-corrected chi connectivity index (χ2v) is 5.47. The highest BCUT2D eigenvalue weighted by Gasteiger charge is 2.16. The fraction of sp³-hybridized carbons (Fsp3) is 0.562. The van der Waals surface area contributed by atoms with Crippen LogP contribution < -0.4 is 11.1 Å². The van der Waals surface area contributed by atoms with Crippen molar-refractivity contribution in [1.82, 2.24) is 5.32 Å². The predicted octanol–water partition coefficient (Wildman–Crippen LogP) is 2.77. The second kappa shape index (κ2) is 7.29. The van der Waals surface area contributed by atoms with Gasteiger partial charge in [0.15, 0.2) is 0 Å². The van der Waals surface area contributed by atoms with Gasteiger partial charge in [-0.25, -0.2) is 0 Å². The summed E-state index contributed by atoms with van der Waals surface area (Å²) in [5, 5.41) is 2.96. The topological polar surface area (TPSA) is 55.1 Å². The van der Waals surface area contributed by atoms with Crippen molar-refractivity contribution in [2.24, 2.45) is 11.7 Å². The summed E-state index contributed by atoms with van der Waals surface area (Å²) in [6.07, 6.45) is 7.81. The van der Waals surface area contributed by atoms with E-state index in [9.17, 15) is 4.79 Å². The quantitative estimate of drug-likeness (QED) is 0.855. The number of nitrogens with one attached hydrogen (secondary N) is 1. The summed E-state index contributed by atoms with van der Waals surface area (Å²) in [4.78, 5) is 11.9. The Morgan fingerprint density at radius 3 is 2.58 bits per heavy atom. The van der Waals surface area contributed by atoms with Crippen LogP contribution in [0.1, 0.15) is 50.1 Å². The fourth-order valence-corrected chi connectivity index (χ4v) is 2.80. The highest BCUT2D eigenvalue weighted by atomic mass is 16.2. The molecule has 2 rings (SSSR count). The summed E-state index contributed by atoms with van der Waals surface area (Å²) >= 11 is 0. The Balaban J connectivity index is 1.72. The van der Waals surface area contributed by atoms with Crippen LogP contribution in [0.2, 0.25) is 0 Å². The summed E-state index contributed by atoms with van der Waals surface area (Å²) in [7, 11) is 0. The van der Waals surface area contributed by atoms with Gasteiger partial charge in [-0.15, -0.1) is 0 Å². The minimum atomic E-state index is -0.549. The van der Waals surface area contributed by atoms with Crippen LogP contribution in [0.4, 0.5) is 0 Å². The Morgan fingerprint density at radius 1 is 1.21 bits per heavy atom. The molecule has 0 bridgehead atoms. The van der Waals surface area contributed by atoms with Gasteiger partial charge >= 0.3 is 0 Å². The van der Waals surface area contributed by atoms with Crippen LogP contribution in [0.15, 0.2) is 30.3 Å². The van der Waals surface area contributed by atoms with Gasteiger partial charge < -0.3 is 11.1 Å². The van der Waals surface area contributed by atoms with E-state index >= 15 is 0 Å². The molecule has 0 unspecified atom stereocenters. The first-order chi connectivity index (χ1) is 9.27. The lowest BCUT2D eigenvalue weighted by molar-refractivity contribution is -0.122. The van der Waals surface area contributed by atoms with Crippen molar-refractivity contribution in [3.8, 4) is 0 Å². The molecule has 0 heterocycles. The zero-order valence-electron chi connectivity index (χ0n) is 11.5. The van der Waals surface area contributed by atoms with Crippen LogP contribution in [0.3, 0.4) is 0 Å². The highest BCUT2D eigenvalue weighted by Crippen LogP contribution is 2.25. The molecule has 1 amide bonds. The summed E-state index contributed by atoms with van der Waals surface area (Å²) in [5.41, 5.74) is 6.82. The van der Waals surface area contributed by atoms with E-state index in [1.165, 1.54) is 32.1 Å². The lowest BCUT2D eigenvalue weighted by atomic mass is 9.87. The largest absolute Gasteiger partial charge is 0.354 e. The minimum absolute atomic E-state index is 0.0676. The number of nitrogens with two attached hydrogens (primary N) is 1. The zero-order valence-corrected chi connectivity index (χ0v) is 11.5. The Hall–Kier alpha value is -1.35. The van der Waals surface area contributed by atoms with Gasteiger partial charge in [-0.2, -0.15) is 0 Å². The lowest BCUT2D eigenvalue weighted by Gasteiger charge is -2.21. The molecule has 1 atom stereocenters. The molecule has 0 aliphatic heterocycles. The highest BCUT2D eigenvalue weighted by molar-refractivity contribution is 5.82. The number of carbonyl (C=O) groups is 1. The third-order valence-corrected chi connectivity index (χ3v) is 4.02. The van der Waals surface area contributed by atoms with Gasteiger partial charge in [0.25, 0.3) is 0 Å². The van der Waals surface area contributed by atoms with Gasteiger partial charge in [0.05, 0.1) is 0 Å². The van der Waals surface area contributed by atoms with Crippen LogP contribution in [-0.4, -0.2) is 12.5 Å². The van der Waals surface area contributed by atoms with Crippen molar-refractivity contribution >= 4 is 5.91 Å². The van der Waals surface area contributed by atoms with Gasteiger partial charge in [0, 0.05) is 6.54 Å². The number of benzene rings is 1. The van der Waals surface area contributed by atoms with E-state index in [4.69, 9.17) is 5.73 Å². The summed E-state index contributed by atoms with van der Waals surface area (Å²) in [5.74, 6) is 0.726. The SMILES string of the molecule is N[C@H](C(=O)NCCC1CCCCC1)c1ccccc1. The van der Waals surface area contributed by atoms with Crippen LogP contribution in [0, 0.1) is 5.92 Å². The van der Waals surface area contributed by atoms with Gasteiger partial charge in [0.1, 0.15) is 6.04 Å². The molecule has 1 aromatic carbocycles. The van der Waals surface area contributed by atoms with Crippen molar-refractivity contribution < 1.29 is 4.79 Å². The van der Waals surface area contributed by atoms with E-state index in [1.807, 2.05) is 30.3 Å². The summed E-state index contributed by atoms with van der Waals surface area (Å²) < 4.78 is 0. The normalized spacial score (nSPS) is 17.9. The van der Waals surface area contributed by atoms with Crippen molar-refractivity contribution in [3.05, 3.63) is 35.9 Å². The molecular weight excluding hydrogens is 236 g/mol. The van der Waals surface area contributed by atoms with E-state index in [1.54, 1.807) is 0 Å². The van der Waals surface area contributed by atoms with Crippen LogP contribution >= 0.6 is 0 Å². The molecule has 19 heavy (non-hydrogen) atoms. The van der Waals surface area contributed by atoms with Crippen molar-refractivity contribution in [2.45, 2.75) is 44.6 Å². The van der Waals surface area contributed by atoms with E-state index in [-0.39, 0.29) is 5.91 Å². The van der Waals surface area contributed by atoms with E-state index in [2.05, 4.69) is 5.32 Å². The molecule has 0 spiro atoms. The summed E-state index contributed by atoms with van der Waals surface area (Å²) in [6, 6.07) is 8.98. The molecule has 1 aromatic rings. The molecule has 0 aromatic heterocycles. The third-order valence-electron chi connectivity index (χ3n) is 4.02. The van der Waals surface area contributed by atoms with Crippen LogP contribution in [0.5, 0.6) is 0 Å². The lowest BCUT2D eigenvalue weighted by Crippen LogP contribution is -2.35. The van der Waals surface area contributed by atoms with Gasteiger partial charge in [-0.1, -0.05) is 62.4 Å². The van der Waals surface area contributed by atoms with Crippen LogP contribution in [-0.2, 0) is 4.79 Å². The molecule has 1 aliphatic rings. The Morgan fingerprint density at radius 2 is 1.89 bits per heavy atom. The Labute approximate surface area is 115 Å². The zero-order chi connectivity index (χ0) is 13.5. The van der Waals surface area contributed by atoms with Crippen LogP contribution in [0.25, 0.3) is 0 Å². The van der Waals surface area contributed by atoms with E-state index in [0.29, 0.717) is 0 Å². The molecule has 3 nitrogen and oxygen atoms in total. The first-order valence-electron chi connectivity index (χ1n) is 7.35. The van der Waals surface area contributed by atoms with E-state index < -0.39 is 6.04 Å². The number of hydrogen-bond acceptors (Lipinski definition) is 2. The maximum absolute atomic E-state index is 11.9. The molecule has 0 radical (unpaired) electrons. The number of hydrogen-bond donors (Lipinski definition) is 2. The molecule has 3 heteroatoms. The summed E-state index contributed by atoms with van der Waals surface area (Å²) in [6.45, 7) is 0.754. The van der Waals surface area contributed by atoms with Gasteiger partial charge in [-0.05, 0) is 17.9 Å². The third kappa shape index (κ3) is 4.35. The maximum atomic E-state index is 11.9. The van der Waals surface area contributed by atoms with Crippen molar-refractivity contribution in [1.29, 1.82) is 0 Å². The predicted molar refractivity (Wildman–Crippen MR) is 77.6 cm³/mol. The number of amides is 1. The average molecular weight is 260 g/mol. The Bertz CT molecular complexity index is 385. The molecule has 104 valence electrons. The number of carbonyl (C=O) groups excluding carboxylic acids is 1. The van der Waals surface area contributed by atoms with Crippen molar-refractivity contribution in [3.63, 3.8) is 0 Å². The molecule has 1 fully saturated rings.